The third-order valence-electron chi connectivity index (χ3n) is 3.18. The first-order chi connectivity index (χ1) is 8.94. The Labute approximate surface area is 114 Å². The quantitative estimate of drug-likeness (QED) is 0.845. The van der Waals surface area contributed by atoms with Gasteiger partial charge in [0.1, 0.15) is 0 Å². The Morgan fingerprint density at radius 3 is 2.21 bits per heavy atom. The molecule has 2 rings (SSSR count). The molecule has 1 fully saturated rings. The molecule has 0 spiro atoms. The Morgan fingerprint density at radius 2 is 1.68 bits per heavy atom. The van der Waals surface area contributed by atoms with E-state index in [1.54, 1.807) is 0 Å². The van der Waals surface area contributed by atoms with E-state index >= 15 is 0 Å². The molecule has 1 aromatic carbocycles. The Hall–Kier alpha value is -1.55. The maximum Gasteiger partial charge on any atom is 0.322 e. The molecule has 19 heavy (non-hydrogen) atoms. The van der Waals surface area contributed by atoms with E-state index in [-0.39, 0.29) is 18.2 Å². The van der Waals surface area contributed by atoms with Crippen LogP contribution in [0, 0.1) is 13.8 Å². The van der Waals surface area contributed by atoms with Crippen molar-refractivity contribution in [3.63, 3.8) is 0 Å². The number of amides is 2. The number of aryl methyl sites for hydroxylation is 2. The number of nitrogens with zero attached hydrogens (tertiary/aromatic N) is 1. The fourth-order valence-electron chi connectivity index (χ4n) is 2.59. The summed E-state index contributed by atoms with van der Waals surface area (Å²) in [5, 5.41) is 2.97. The average molecular weight is 262 g/mol. The molecule has 1 aliphatic heterocycles. The van der Waals surface area contributed by atoms with E-state index in [0.717, 1.165) is 16.8 Å². The smallest absolute Gasteiger partial charge is 0.322 e. The number of rotatable bonds is 1. The van der Waals surface area contributed by atoms with Crippen LogP contribution in [0.2, 0.25) is 0 Å². The highest BCUT2D eigenvalue weighted by molar-refractivity contribution is 5.89. The van der Waals surface area contributed by atoms with Gasteiger partial charge in [0.2, 0.25) is 0 Å². The highest BCUT2D eigenvalue weighted by atomic mass is 16.5. The summed E-state index contributed by atoms with van der Waals surface area (Å²) in [6, 6.07) is 6.01. The standard InChI is InChI=1S/C15H22N2O2/c1-10-5-11(2)7-14(6-10)16-15(18)17-8-12(3)19-13(4)9-17/h5-7,12-13H,8-9H2,1-4H3,(H,16,18)/t12-,13+. The monoisotopic (exact) mass is 262 g/mol. The number of hydrogen-bond acceptors (Lipinski definition) is 2. The predicted octanol–water partition coefficient (Wildman–Crippen LogP) is 2.94. The molecule has 1 saturated heterocycles. The summed E-state index contributed by atoms with van der Waals surface area (Å²) in [5.74, 6) is 0. The molecule has 4 heteroatoms. The van der Waals surface area contributed by atoms with E-state index in [2.05, 4.69) is 11.4 Å². The summed E-state index contributed by atoms with van der Waals surface area (Å²) >= 11 is 0. The first kappa shape index (κ1) is 13.9. The van der Waals surface area contributed by atoms with E-state index in [4.69, 9.17) is 4.74 Å². The fraction of sp³-hybridized carbons (Fsp3) is 0.533. The maximum absolute atomic E-state index is 12.2. The van der Waals surface area contributed by atoms with Gasteiger partial charge in [0.25, 0.3) is 0 Å². The van der Waals surface area contributed by atoms with Crippen molar-refractivity contribution in [2.24, 2.45) is 0 Å². The Kier molecular flexibility index (Phi) is 4.10. The van der Waals surface area contributed by atoms with E-state index in [1.165, 1.54) is 0 Å². The van der Waals surface area contributed by atoms with Gasteiger partial charge in [-0.1, -0.05) is 6.07 Å². The minimum atomic E-state index is -0.0491. The van der Waals surface area contributed by atoms with Crippen LogP contribution in [-0.4, -0.2) is 36.2 Å². The lowest BCUT2D eigenvalue weighted by molar-refractivity contribution is -0.0530. The minimum absolute atomic E-state index is 0.0491. The van der Waals surface area contributed by atoms with Crippen molar-refractivity contribution in [3.05, 3.63) is 29.3 Å². The van der Waals surface area contributed by atoms with Crippen molar-refractivity contribution in [2.75, 3.05) is 18.4 Å². The molecule has 1 aromatic rings. The Morgan fingerprint density at radius 1 is 1.16 bits per heavy atom. The lowest BCUT2D eigenvalue weighted by Gasteiger charge is -2.35. The van der Waals surface area contributed by atoms with Crippen LogP contribution >= 0.6 is 0 Å². The molecule has 0 unspecified atom stereocenters. The summed E-state index contributed by atoms with van der Waals surface area (Å²) in [5.41, 5.74) is 3.16. The number of hydrogen-bond donors (Lipinski definition) is 1. The molecule has 0 bridgehead atoms. The summed E-state index contributed by atoms with van der Waals surface area (Å²) in [6.07, 6.45) is 0.183. The number of benzene rings is 1. The number of carbonyl (C=O) groups is 1. The van der Waals surface area contributed by atoms with Crippen molar-refractivity contribution in [2.45, 2.75) is 39.9 Å². The van der Waals surface area contributed by atoms with Gasteiger partial charge >= 0.3 is 6.03 Å². The van der Waals surface area contributed by atoms with Gasteiger partial charge in [-0.25, -0.2) is 4.79 Å². The van der Waals surface area contributed by atoms with E-state index in [0.29, 0.717) is 13.1 Å². The minimum Gasteiger partial charge on any atom is -0.372 e. The summed E-state index contributed by atoms with van der Waals surface area (Å²) in [4.78, 5) is 14.1. The van der Waals surface area contributed by atoms with Crippen LogP contribution in [0.5, 0.6) is 0 Å². The molecule has 1 aliphatic rings. The van der Waals surface area contributed by atoms with Gasteiger partial charge < -0.3 is 15.0 Å². The predicted molar refractivity (Wildman–Crippen MR) is 76.5 cm³/mol. The van der Waals surface area contributed by atoms with E-state index in [1.807, 2.05) is 44.7 Å². The number of urea groups is 1. The fourth-order valence-corrected chi connectivity index (χ4v) is 2.59. The molecule has 0 radical (unpaired) electrons. The van der Waals surface area contributed by atoms with Gasteiger partial charge in [-0.2, -0.15) is 0 Å². The van der Waals surface area contributed by atoms with Gasteiger partial charge in [-0.3, -0.25) is 0 Å². The Balaban J connectivity index is 2.04. The van der Waals surface area contributed by atoms with Crippen LogP contribution in [-0.2, 0) is 4.74 Å². The zero-order chi connectivity index (χ0) is 14.0. The first-order valence-corrected chi connectivity index (χ1v) is 6.73. The van der Waals surface area contributed by atoms with Gasteiger partial charge in [-0.15, -0.1) is 0 Å². The Bertz CT molecular complexity index is 443. The van der Waals surface area contributed by atoms with Crippen LogP contribution in [0.3, 0.4) is 0 Å². The van der Waals surface area contributed by atoms with Crippen molar-refractivity contribution in [1.82, 2.24) is 4.90 Å². The molecule has 2 atom stereocenters. The number of anilines is 1. The van der Waals surface area contributed by atoms with Crippen molar-refractivity contribution in [3.8, 4) is 0 Å². The maximum atomic E-state index is 12.2. The van der Waals surface area contributed by atoms with Crippen molar-refractivity contribution >= 4 is 11.7 Å². The summed E-state index contributed by atoms with van der Waals surface area (Å²) < 4.78 is 5.63. The molecule has 104 valence electrons. The normalized spacial score (nSPS) is 23.3. The highest BCUT2D eigenvalue weighted by Gasteiger charge is 2.25. The third-order valence-corrected chi connectivity index (χ3v) is 3.18. The second-order valence-corrected chi connectivity index (χ2v) is 5.47. The molecule has 1 heterocycles. The third kappa shape index (κ3) is 3.70. The number of nitrogens with one attached hydrogen (secondary N) is 1. The largest absolute Gasteiger partial charge is 0.372 e. The topological polar surface area (TPSA) is 41.6 Å². The summed E-state index contributed by atoms with van der Waals surface area (Å²) in [7, 11) is 0. The highest BCUT2D eigenvalue weighted by Crippen LogP contribution is 2.16. The van der Waals surface area contributed by atoms with Crippen molar-refractivity contribution in [1.29, 1.82) is 0 Å². The number of carbonyl (C=O) groups excluding carboxylic acids is 1. The van der Waals surface area contributed by atoms with Gasteiger partial charge in [0.15, 0.2) is 0 Å². The number of morpholine rings is 1. The zero-order valence-corrected chi connectivity index (χ0v) is 12.1. The average Bonchev–Trinajstić information content (AvgIpc) is 2.25. The van der Waals surface area contributed by atoms with Crippen LogP contribution in [0.15, 0.2) is 18.2 Å². The molecule has 2 amide bonds. The van der Waals surface area contributed by atoms with Crippen LogP contribution in [0.25, 0.3) is 0 Å². The van der Waals surface area contributed by atoms with E-state index in [9.17, 15) is 4.79 Å². The summed E-state index contributed by atoms with van der Waals surface area (Å²) in [6.45, 7) is 9.32. The molecule has 0 aliphatic carbocycles. The lowest BCUT2D eigenvalue weighted by Crippen LogP contribution is -2.49. The SMILES string of the molecule is Cc1cc(C)cc(NC(=O)N2C[C@@H](C)O[C@@H](C)C2)c1. The van der Waals surface area contributed by atoms with E-state index < -0.39 is 0 Å². The molecule has 1 N–H and O–H groups in total. The van der Waals surface area contributed by atoms with Gasteiger partial charge in [0, 0.05) is 18.8 Å². The first-order valence-electron chi connectivity index (χ1n) is 6.73. The molecular formula is C15H22N2O2. The second kappa shape index (κ2) is 5.61. The van der Waals surface area contributed by atoms with Crippen LogP contribution in [0.1, 0.15) is 25.0 Å². The van der Waals surface area contributed by atoms with Crippen LogP contribution in [0.4, 0.5) is 10.5 Å². The molecule has 4 nitrogen and oxygen atoms in total. The van der Waals surface area contributed by atoms with Crippen molar-refractivity contribution < 1.29 is 9.53 Å². The van der Waals surface area contributed by atoms with Gasteiger partial charge in [-0.05, 0) is 51.0 Å². The van der Waals surface area contributed by atoms with Crippen LogP contribution < -0.4 is 5.32 Å². The zero-order valence-electron chi connectivity index (χ0n) is 12.1. The molecule has 0 saturated carbocycles. The number of ether oxygens (including phenoxy) is 1. The van der Waals surface area contributed by atoms with Gasteiger partial charge in [0.05, 0.1) is 12.2 Å². The lowest BCUT2D eigenvalue weighted by atomic mass is 10.1. The molecular weight excluding hydrogens is 240 g/mol. The molecule has 0 aromatic heterocycles. The second-order valence-electron chi connectivity index (χ2n) is 5.47.